The SMILES string of the molecule is C=C(COCCCCCNC(=O)CCC(NC(=O)CC[C@H](NC(=O)CCCCCCCCCCCCCCCCC=O)C(=O)N=O)C(=O)N=O)NCCOCCOCC(C)=O. The summed E-state index contributed by atoms with van der Waals surface area (Å²) in [5.74, 6) is -3.89. The third-order valence-electron chi connectivity index (χ3n) is 9.61. The summed E-state index contributed by atoms with van der Waals surface area (Å²) in [4.78, 5) is 105. The molecule has 0 aromatic rings. The average Bonchev–Trinajstić information content (AvgIpc) is 3.24. The lowest BCUT2D eigenvalue weighted by atomic mass is 10.0. The fraction of sp³-hybridized carbons (Fsp3) is 0.791. The number of amides is 5. The summed E-state index contributed by atoms with van der Waals surface area (Å²) in [6.07, 6.45) is 18.4. The highest BCUT2D eigenvalue weighted by molar-refractivity contribution is 5.90. The summed E-state index contributed by atoms with van der Waals surface area (Å²) in [5, 5.41) is 15.4. The number of nitrogens with zero attached hydrogens (tertiary/aromatic N) is 2. The Balaban J connectivity index is 4.18. The van der Waals surface area contributed by atoms with Crippen LogP contribution in [0.4, 0.5) is 0 Å². The van der Waals surface area contributed by atoms with E-state index in [0.29, 0.717) is 71.1 Å². The van der Waals surface area contributed by atoms with Crippen molar-refractivity contribution in [2.45, 2.75) is 167 Å². The highest BCUT2D eigenvalue weighted by atomic mass is 16.5. The summed E-state index contributed by atoms with van der Waals surface area (Å²) < 4.78 is 16.1. The van der Waals surface area contributed by atoms with Crippen LogP contribution in [0.5, 0.6) is 0 Å². The lowest BCUT2D eigenvalue weighted by molar-refractivity contribution is -0.129. The normalized spacial score (nSPS) is 11.8. The molecular formula is C43H74N6O12. The van der Waals surface area contributed by atoms with Crippen molar-refractivity contribution in [3.05, 3.63) is 22.1 Å². The Kier molecular flexibility index (Phi) is 38.2. The standard InChI is InChI=1S/C43H74N6O12/c1-35(44-27-30-59-31-32-61-34-36(2)51)33-60-29-20-16-18-26-45-39(52)24-22-37(42(55)48-57)47-41(54)25-23-38(43(56)49-58)46-40(53)21-17-14-12-10-8-6-4-3-5-7-9-11-13-15-19-28-50/h28,37-38,44H,1,3-27,29-34H2,2H3,(H,45,52)(H,46,53)(H,47,54)/t37?,38-/m0/s1. The first-order chi connectivity index (χ1) is 29.5. The molecule has 18 nitrogen and oxygen atoms in total. The van der Waals surface area contributed by atoms with Crippen molar-refractivity contribution >= 4 is 41.6 Å². The first-order valence-electron chi connectivity index (χ1n) is 22.2. The molecule has 0 saturated heterocycles. The van der Waals surface area contributed by atoms with E-state index in [1.807, 2.05) is 0 Å². The quantitative estimate of drug-likeness (QED) is 0.0332. The van der Waals surface area contributed by atoms with Gasteiger partial charge >= 0.3 is 11.8 Å². The average molecular weight is 867 g/mol. The van der Waals surface area contributed by atoms with Gasteiger partial charge in [-0.25, -0.2) is 0 Å². The van der Waals surface area contributed by atoms with E-state index in [2.05, 4.69) is 38.2 Å². The Bertz CT molecular complexity index is 1280. The van der Waals surface area contributed by atoms with Crippen molar-refractivity contribution in [1.82, 2.24) is 21.3 Å². The second-order valence-electron chi connectivity index (χ2n) is 15.2. The number of unbranched alkanes of at least 4 members (excludes halogenated alkanes) is 16. The van der Waals surface area contributed by atoms with Crippen molar-refractivity contribution in [3.63, 3.8) is 0 Å². The molecule has 0 radical (unpaired) electrons. The monoisotopic (exact) mass is 867 g/mol. The van der Waals surface area contributed by atoms with Gasteiger partial charge in [0.05, 0.1) is 26.4 Å². The molecule has 0 aliphatic heterocycles. The zero-order valence-electron chi connectivity index (χ0n) is 36.7. The number of hydrogen-bond acceptors (Lipinski definition) is 13. The number of carbonyl (C=O) groups excluding carboxylic acids is 7. The van der Waals surface area contributed by atoms with Gasteiger partial charge in [0.15, 0.2) is 5.78 Å². The first kappa shape index (κ1) is 56.7. The van der Waals surface area contributed by atoms with Crippen molar-refractivity contribution in [2.24, 2.45) is 10.4 Å². The molecule has 0 aliphatic carbocycles. The molecule has 5 amide bonds. The van der Waals surface area contributed by atoms with Crippen LogP contribution in [-0.2, 0) is 47.8 Å². The molecule has 0 aliphatic rings. The van der Waals surface area contributed by atoms with Crippen LogP contribution in [0.3, 0.4) is 0 Å². The molecule has 0 aromatic heterocycles. The maximum atomic E-state index is 12.6. The third-order valence-corrected chi connectivity index (χ3v) is 9.61. The minimum absolute atomic E-state index is 0.0338. The van der Waals surface area contributed by atoms with Gasteiger partial charge in [-0.3, -0.25) is 28.8 Å². The van der Waals surface area contributed by atoms with Crippen molar-refractivity contribution in [3.8, 4) is 0 Å². The zero-order chi connectivity index (χ0) is 45.2. The molecule has 61 heavy (non-hydrogen) atoms. The fourth-order valence-corrected chi connectivity index (χ4v) is 6.16. The van der Waals surface area contributed by atoms with E-state index in [-0.39, 0.29) is 50.4 Å². The van der Waals surface area contributed by atoms with Crippen LogP contribution in [0, 0.1) is 9.81 Å². The van der Waals surface area contributed by atoms with Crippen LogP contribution < -0.4 is 21.3 Å². The van der Waals surface area contributed by atoms with E-state index in [1.165, 1.54) is 51.9 Å². The molecule has 0 rings (SSSR count). The Morgan fingerprint density at radius 1 is 0.525 bits per heavy atom. The van der Waals surface area contributed by atoms with E-state index in [0.717, 1.165) is 57.7 Å². The number of ketones is 1. The smallest absolute Gasteiger partial charge is 0.308 e. The maximum absolute atomic E-state index is 12.6. The summed E-state index contributed by atoms with van der Waals surface area (Å²) >= 11 is 0. The number of aldehydes is 1. The van der Waals surface area contributed by atoms with Gasteiger partial charge in [-0.15, -0.1) is 9.81 Å². The van der Waals surface area contributed by atoms with Crippen LogP contribution in [0.1, 0.15) is 155 Å². The van der Waals surface area contributed by atoms with Crippen LogP contribution in [0.15, 0.2) is 22.6 Å². The lowest BCUT2D eigenvalue weighted by Gasteiger charge is -2.17. The van der Waals surface area contributed by atoms with Crippen molar-refractivity contribution < 1.29 is 47.8 Å². The number of nitrogens with one attached hydrogen (secondary N) is 4. The molecule has 348 valence electrons. The van der Waals surface area contributed by atoms with E-state index in [9.17, 15) is 43.4 Å². The number of ether oxygens (including phenoxy) is 3. The molecule has 4 N–H and O–H groups in total. The summed E-state index contributed by atoms with van der Waals surface area (Å²) in [7, 11) is 0. The molecule has 0 spiro atoms. The minimum atomic E-state index is -1.36. The molecule has 1 unspecified atom stereocenters. The molecule has 0 heterocycles. The van der Waals surface area contributed by atoms with E-state index in [4.69, 9.17) is 14.2 Å². The number of nitroso groups, excluding NO2 is 2. The molecule has 0 bridgehead atoms. The lowest BCUT2D eigenvalue weighted by Crippen LogP contribution is -2.43. The zero-order valence-corrected chi connectivity index (χ0v) is 36.7. The van der Waals surface area contributed by atoms with Crippen LogP contribution >= 0.6 is 0 Å². The minimum Gasteiger partial charge on any atom is -0.385 e. The van der Waals surface area contributed by atoms with Crippen molar-refractivity contribution in [2.75, 3.05) is 52.7 Å². The second kappa shape index (κ2) is 41.1. The summed E-state index contributed by atoms with van der Waals surface area (Å²) in [6, 6.07) is -2.68. The molecular weight excluding hydrogens is 793 g/mol. The van der Waals surface area contributed by atoms with Crippen molar-refractivity contribution in [1.29, 1.82) is 0 Å². The first-order valence-corrected chi connectivity index (χ1v) is 22.2. The van der Waals surface area contributed by atoms with Crippen LogP contribution in [0.25, 0.3) is 0 Å². The predicted octanol–water partition coefficient (Wildman–Crippen LogP) is 5.57. The van der Waals surface area contributed by atoms with Gasteiger partial charge < -0.3 is 40.3 Å². The van der Waals surface area contributed by atoms with Gasteiger partial charge in [-0.05, 0) is 51.9 Å². The van der Waals surface area contributed by atoms with E-state index in [1.54, 1.807) is 0 Å². The number of Topliss-reactive ketones (excluding diaryl/α,β-unsaturated/α-hetero) is 1. The largest absolute Gasteiger partial charge is 0.385 e. The Hall–Kier alpha value is -4.29. The van der Waals surface area contributed by atoms with Gasteiger partial charge in [-0.1, -0.05) is 83.6 Å². The summed E-state index contributed by atoms with van der Waals surface area (Å²) in [6.45, 7) is 8.42. The van der Waals surface area contributed by atoms with E-state index < -0.39 is 35.7 Å². The second-order valence-corrected chi connectivity index (χ2v) is 15.2. The summed E-state index contributed by atoms with van der Waals surface area (Å²) in [5.41, 5.74) is 0.714. The predicted molar refractivity (Wildman–Crippen MR) is 231 cm³/mol. The molecule has 0 saturated carbocycles. The molecule has 0 aromatic carbocycles. The number of carbonyl (C=O) groups is 7. The highest BCUT2D eigenvalue weighted by Crippen LogP contribution is 2.14. The topological polar surface area (TPSA) is 254 Å². The third kappa shape index (κ3) is 37.2. The Morgan fingerprint density at radius 2 is 1.00 bits per heavy atom. The van der Waals surface area contributed by atoms with Gasteiger partial charge in [-0.2, -0.15) is 0 Å². The molecule has 0 fully saturated rings. The van der Waals surface area contributed by atoms with Gasteiger partial charge in [0.1, 0.15) is 25.0 Å². The maximum Gasteiger partial charge on any atom is 0.308 e. The van der Waals surface area contributed by atoms with Gasteiger partial charge in [0.2, 0.25) is 17.7 Å². The molecule has 18 heteroatoms. The Morgan fingerprint density at radius 3 is 1.54 bits per heavy atom. The molecule has 2 atom stereocenters. The number of hydrogen-bond donors (Lipinski definition) is 4. The van der Waals surface area contributed by atoms with Gasteiger partial charge in [0, 0.05) is 61.4 Å². The van der Waals surface area contributed by atoms with Crippen LogP contribution in [-0.4, -0.2) is 106 Å². The van der Waals surface area contributed by atoms with E-state index >= 15 is 0 Å². The highest BCUT2D eigenvalue weighted by Gasteiger charge is 2.26. The fourth-order valence-electron chi connectivity index (χ4n) is 6.16. The Labute approximate surface area is 361 Å². The van der Waals surface area contributed by atoms with Gasteiger partial charge in [0.25, 0.3) is 0 Å². The number of rotatable bonds is 44. The van der Waals surface area contributed by atoms with Crippen LogP contribution in [0.2, 0.25) is 0 Å².